The van der Waals surface area contributed by atoms with Crippen molar-refractivity contribution in [2.75, 3.05) is 0 Å². The average Bonchev–Trinajstić information content (AvgIpc) is 2.97. The van der Waals surface area contributed by atoms with Gasteiger partial charge in [0, 0.05) is 4.88 Å². The van der Waals surface area contributed by atoms with Gasteiger partial charge in [-0.05, 0) is 35.4 Å². The monoisotopic (exact) mass is 290 g/mol. The van der Waals surface area contributed by atoms with Crippen LogP contribution in [-0.2, 0) is 6.42 Å². The molecule has 0 saturated heterocycles. The van der Waals surface area contributed by atoms with Crippen LogP contribution < -0.4 is 0 Å². The third-order valence-electron chi connectivity index (χ3n) is 3.46. The molecular weight excluding hydrogens is 268 g/mol. The smallest absolute Gasteiger partial charge is 0.0612 e. The van der Waals surface area contributed by atoms with E-state index in [0.717, 1.165) is 0 Å². The van der Waals surface area contributed by atoms with E-state index in [9.17, 15) is 0 Å². The summed E-state index contributed by atoms with van der Waals surface area (Å²) < 4.78 is 0. The first-order valence-electron chi connectivity index (χ1n) is 7.12. The van der Waals surface area contributed by atoms with Crippen molar-refractivity contribution < 1.29 is 0 Å². The van der Waals surface area contributed by atoms with E-state index in [1.54, 1.807) is 11.3 Å². The zero-order valence-electron chi connectivity index (χ0n) is 11.5. The van der Waals surface area contributed by atoms with E-state index in [4.69, 9.17) is 12.6 Å². The Morgan fingerprint density at radius 1 is 1.05 bits per heavy atom. The van der Waals surface area contributed by atoms with Crippen molar-refractivity contribution in [2.45, 2.75) is 44.3 Å². The molecule has 0 bridgehead atoms. The van der Waals surface area contributed by atoms with Crippen LogP contribution in [0.5, 0.6) is 0 Å². The Labute approximate surface area is 126 Å². The predicted octanol–water partition coefficient (Wildman–Crippen LogP) is 5.89. The molecule has 2 heteroatoms. The van der Waals surface area contributed by atoms with Crippen LogP contribution in [0.1, 0.15) is 53.9 Å². The summed E-state index contributed by atoms with van der Waals surface area (Å²) in [6, 6.07) is 13.0. The molecule has 0 aliphatic rings. The lowest BCUT2D eigenvalue weighted by atomic mass is 9.98. The fraction of sp³-hybridized carbons (Fsp3) is 0.412. The van der Waals surface area contributed by atoms with Crippen molar-refractivity contribution in [2.24, 2.45) is 0 Å². The first-order chi connectivity index (χ1) is 9.33. The van der Waals surface area contributed by atoms with E-state index in [-0.39, 0.29) is 5.25 Å². The second kappa shape index (κ2) is 7.76. The molecule has 1 heterocycles. The molecule has 102 valence electrons. The van der Waals surface area contributed by atoms with Crippen molar-refractivity contribution in [3.8, 4) is 0 Å². The molecule has 0 N–H and O–H groups in total. The second-order valence-electron chi connectivity index (χ2n) is 4.93. The van der Waals surface area contributed by atoms with E-state index in [0.29, 0.717) is 0 Å². The van der Waals surface area contributed by atoms with Crippen LogP contribution in [0.25, 0.3) is 0 Å². The Morgan fingerprint density at radius 3 is 2.63 bits per heavy atom. The average molecular weight is 290 g/mol. The number of hydrogen-bond donors (Lipinski definition) is 1. The number of unbranched alkanes of at least 4 members (excludes halogenated alkanes) is 3. The van der Waals surface area contributed by atoms with E-state index < -0.39 is 0 Å². The van der Waals surface area contributed by atoms with Crippen LogP contribution in [0.15, 0.2) is 41.8 Å². The van der Waals surface area contributed by atoms with Crippen LogP contribution in [0, 0.1) is 0 Å². The van der Waals surface area contributed by atoms with Gasteiger partial charge in [-0.15, -0.1) is 11.3 Å². The normalized spacial score (nSPS) is 12.5. The van der Waals surface area contributed by atoms with Crippen molar-refractivity contribution in [3.63, 3.8) is 0 Å². The van der Waals surface area contributed by atoms with Gasteiger partial charge in [0.1, 0.15) is 0 Å². The quantitative estimate of drug-likeness (QED) is 0.477. The summed E-state index contributed by atoms with van der Waals surface area (Å²) in [5.41, 5.74) is 2.84. The summed E-state index contributed by atoms with van der Waals surface area (Å²) in [6.07, 6.45) is 6.44. The van der Waals surface area contributed by atoms with Gasteiger partial charge in [0.15, 0.2) is 0 Å². The minimum Gasteiger partial charge on any atom is -0.165 e. The van der Waals surface area contributed by atoms with Gasteiger partial charge in [0.05, 0.1) is 5.25 Å². The second-order valence-corrected chi connectivity index (χ2v) is 6.42. The molecule has 0 amide bonds. The molecule has 1 aromatic carbocycles. The summed E-state index contributed by atoms with van der Waals surface area (Å²) in [5, 5.41) is 2.35. The van der Waals surface area contributed by atoms with Crippen molar-refractivity contribution in [3.05, 3.63) is 57.8 Å². The first kappa shape index (κ1) is 14.7. The Hall–Kier alpha value is -0.730. The minimum atomic E-state index is 0.224. The van der Waals surface area contributed by atoms with Gasteiger partial charge in [0.2, 0.25) is 0 Å². The summed E-state index contributed by atoms with van der Waals surface area (Å²) in [7, 11) is 0. The topological polar surface area (TPSA) is 0 Å². The lowest BCUT2D eigenvalue weighted by Crippen LogP contribution is -1.98. The van der Waals surface area contributed by atoms with Crippen LogP contribution in [0.4, 0.5) is 0 Å². The van der Waals surface area contributed by atoms with Gasteiger partial charge in [-0.3, -0.25) is 0 Å². The lowest BCUT2D eigenvalue weighted by Gasteiger charge is -2.14. The molecule has 1 atom stereocenters. The SMILES string of the molecule is CCCCCCc1ccccc1C(S)c1cccs1. The van der Waals surface area contributed by atoms with Crippen molar-refractivity contribution in [1.29, 1.82) is 0 Å². The minimum absolute atomic E-state index is 0.224. The maximum Gasteiger partial charge on any atom is 0.0612 e. The molecule has 0 aliphatic carbocycles. The fourth-order valence-electron chi connectivity index (χ4n) is 2.37. The maximum atomic E-state index is 4.82. The molecule has 0 fully saturated rings. The summed E-state index contributed by atoms with van der Waals surface area (Å²) in [5.74, 6) is 0. The summed E-state index contributed by atoms with van der Waals surface area (Å²) in [4.78, 5) is 1.34. The number of hydrogen-bond acceptors (Lipinski definition) is 2. The zero-order chi connectivity index (χ0) is 13.5. The van der Waals surface area contributed by atoms with Gasteiger partial charge in [-0.2, -0.15) is 12.6 Å². The Bertz CT molecular complexity index is 474. The largest absolute Gasteiger partial charge is 0.165 e. The highest BCUT2D eigenvalue weighted by molar-refractivity contribution is 7.81. The highest BCUT2D eigenvalue weighted by atomic mass is 32.1. The number of thiol groups is 1. The fourth-order valence-corrected chi connectivity index (χ4v) is 3.62. The molecule has 0 nitrogen and oxygen atoms in total. The van der Waals surface area contributed by atoms with E-state index >= 15 is 0 Å². The van der Waals surface area contributed by atoms with Gasteiger partial charge in [-0.1, -0.05) is 56.5 Å². The number of aryl methyl sites for hydroxylation is 1. The van der Waals surface area contributed by atoms with Crippen LogP contribution in [0.2, 0.25) is 0 Å². The number of thiophene rings is 1. The van der Waals surface area contributed by atoms with Gasteiger partial charge >= 0.3 is 0 Å². The molecule has 0 aliphatic heterocycles. The highest BCUT2D eigenvalue weighted by Crippen LogP contribution is 2.33. The van der Waals surface area contributed by atoms with Crippen LogP contribution in [-0.4, -0.2) is 0 Å². The van der Waals surface area contributed by atoms with E-state index in [2.05, 4.69) is 48.7 Å². The Morgan fingerprint density at radius 2 is 1.89 bits per heavy atom. The zero-order valence-corrected chi connectivity index (χ0v) is 13.2. The Balaban J connectivity index is 2.07. The van der Waals surface area contributed by atoms with Crippen LogP contribution in [0.3, 0.4) is 0 Å². The summed E-state index contributed by atoms with van der Waals surface area (Å²) >= 11 is 6.61. The molecule has 1 unspecified atom stereocenters. The first-order valence-corrected chi connectivity index (χ1v) is 8.51. The standard InChI is InChI=1S/C17H22S2/c1-2-3-4-5-9-14-10-6-7-11-15(14)17(18)16-12-8-13-19-16/h6-8,10-13,17-18H,2-5,9H2,1H3. The predicted molar refractivity (Wildman–Crippen MR) is 89.4 cm³/mol. The van der Waals surface area contributed by atoms with Gasteiger partial charge in [-0.25, -0.2) is 0 Å². The van der Waals surface area contributed by atoms with Crippen molar-refractivity contribution in [1.82, 2.24) is 0 Å². The molecule has 19 heavy (non-hydrogen) atoms. The molecule has 0 saturated carbocycles. The Kier molecular flexibility index (Phi) is 5.99. The summed E-state index contributed by atoms with van der Waals surface area (Å²) in [6.45, 7) is 2.26. The molecule has 1 aromatic heterocycles. The molecule has 0 radical (unpaired) electrons. The molecule has 2 aromatic rings. The van der Waals surface area contributed by atoms with Crippen LogP contribution >= 0.6 is 24.0 Å². The molecular formula is C17H22S2. The van der Waals surface area contributed by atoms with Crippen molar-refractivity contribution >= 4 is 24.0 Å². The third kappa shape index (κ3) is 4.12. The molecule has 2 rings (SSSR count). The number of rotatable bonds is 7. The highest BCUT2D eigenvalue weighted by Gasteiger charge is 2.13. The van der Waals surface area contributed by atoms with Gasteiger partial charge < -0.3 is 0 Å². The maximum absolute atomic E-state index is 4.82. The number of benzene rings is 1. The van der Waals surface area contributed by atoms with E-state index in [1.807, 2.05) is 0 Å². The molecule has 0 spiro atoms. The van der Waals surface area contributed by atoms with E-state index in [1.165, 1.54) is 48.1 Å². The van der Waals surface area contributed by atoms with Gasteiger partial charge in [0.25, 0.3) is 0 Å². The lowest BCUT2D eigenvalue weighted by molar-refractivity contribution is 0.665. The third-order valence-corrected chi connectivity index (χ3v) is 5.13.